The highest BCUT2D eigenvalue weighted by Crippen LogP contribution is 2.39. The lowest BCUT2D eigenvalue weighted by Gasteiger charge is -2.34. The Morgan fingerprint density at radius 3 is 3.05 bits per heavy atom. The van der Waals surface area contributed by atoms with Gasteiger partial charge in [0.1, 0.15) is 5.60 Å². The Labute approximate surface area is 118 Å². The molecule has 2 aromatic rings. The van der Waals surface area contributed by atoms with E-state index in [4.69, 9.17) is 14.9 Å². The number of hydrogen-bond acceptors (Lipinski definition) is 3. The number of nitrogens with one attached hydrogen (secondary N) is 2. The van der Waals surface area contributed by atoms with Crippen LogP contribution in [0.25, 0.3) is 10.9 Å². The topological polar surface area (TPSA) is 58.1 Å². The van der Waals surface area contributed by atoms with Gasteiger partial charge in [0.15, 0.2) is 5.90 Å². The smallest absolute Gasteiger partial charge is 0.183 e. The molecule has 2 heterocycles. The average molecular weight is 272 g/mol. The van der Waals surface area contributed by atoms with Crippen LogP contribution >= 0.6 is 0 Å². The summed E-state index contributed by atoms with van der Waals surface area (Å²) in [5.41, 5.74) is 3.05. The Morgan fingerprint density at radius 1 is 1.45 bits per heavy atom. The minimum absolute atomic E-state index is 0.279. The molecule has 0 spiro atoms. The molecule has 1 unspecified atom stereocenters. The lowest BCUT2D eigenvalue weighted by atomic mass is 9.90. The molecule has 0 saturated heterocycles. The van der Waals surface area contributed by atoms with Crippen LogP contribution in [-0.2, 0) is 21.5 Å². The number of fused-ring (bicyclic) bond motifs is 3. The molecule has 1 aromatic heterocycles. The first-order chi connectivity index (χ1) is 9.64. The molecule has 4 heteroatoms. The second-order valence-corrected chi connectivity index (χ2v) is 5.39. The van der Waals surface area contributed by atoms with Crippen LogP contribution in [0.4, 0.5) is 0 Å². The van der Waals surface area contributed by atoms with Crippen molar-refractivity contribution in [2.75, 3.05) is 13.2 Å². The second kappa shape index (κ2) is 4.94. The number of aromatic amines is 1. The highest BCUT2D eigenvalue weighted by Gasteiger charge is 2.37. The highest BCUT2D eigenvalue weighted by molar-refractivity contribution is 5.85. The molecular formula is C16H20N2O2. The lowest BCUT2D eigenvalue weighted by Crippen LogP contribution is -2.35. The fraction of sp³-hybridized carbons (Fsp3) is 0.438. The van der Waals surface area contributed by atoms with Crippen molar-refractivity contribution in [3.8, 4) is 0 Å². The molecule has 4 nitrogen and oxygen atoms in total. The first-order valence-electron chi connectivity index (χ1n) is 7.08. The number of para-hydroxylation sites is 1. The van der Waals surface area contributed by atoms with Crippen molar-refractivity contribution >= 4 is 16.8 Å². The van der Waals surface area contributed by atoms with Crippen LogP contribution in [0.15, 0.2) is 24.3 Å². The molecule has 20 heavy (non-hydrogen) atoms. The van der Waals surface area contributed by atoms with Gasteiger partial charge in [-0.15, -0.1) is 0 Å². The highest BCUT2D eigenvalue weighted by atomic mass is 16.5. The number of H-pyrrole nitrogens is 1. The van der Waals surface area contributed by atoms with E-state index in [9.17, 15) is 0 Å². The fourth-order valence-electron chi connectivity index (χ4n) is 3.03. The van der Waals surface area contributed by atoms with Crippen LogP contribution in [-0.4, -0.2) is 24.1 Å². The van der Waals surface area contributed by atoms with Gasteiger partial charge in [0, 0.05) is 10.9 Å². The molecule has 0 amide bonds. The maximum Gasteiger partial charge on any atom is 0.183 e. The minimum atomic E-state index is -0.501. The molecule has 0 bridgehead atoms. The number of ether oxygens (including phenoxy) is 2. The van der Waals surface area contributed by atoms with Gasteiger partial charge >= 0.3 is 0 Å². The van der Waals surface area contributed by atoms with Gasteiger partial charge in [0.25, 0.3) is 0 Å². The van der Waals surface area contributed by atoms with Crippen LogP contribution < -0.4 is 0 Å². The quantitative estimate of drug-likeness (QED) is 0.665. The van der Waals surface area contributed by atoms with Crippen LogP contribution in [0, 0.1) is 5.41 Å². The lowest BCUT2D eigenvalue weighted by molar-refractivity contribution is -0.0464. The predicted octanol–water partition coefficient (Wildman–Crippen LogP) is 3.36. The van der Waals surface area contributed by atoms with Crippen LogP contribution in [0.3, 0.4) is 0 Å². The summed E-state index contributed by atoms with van der Waals surface area (Å²) in [6.45, 7) is 5.14. The molecule has 0 aliphatic carbocycles. The summed E-state index contributed by atoms with van der Waals surface area (Å²) in [5.74, 6) is 0.279. The average Bonchev–Trinajstić information content (AvgIpc) is 2.79. The van der Waals surface area contributed by atoms with E-state index >= 15 is 0 Å². The fourth-order valence-corrected chi connectivity index (χ4v) is 3.03. The molecule has 2 N–H and O–H groups in total. The van der Waals surface area contributed by atoms with Crippen LogP contribution in [0.1, 0.15) is 31.5 Å². The normalized spacial score (nSPS) is 21.7. The number of aromatic nitrogens is 1. The molecule has 3 rings (SSSR count). The van der Waals surface area contributed by atoms with E-state index in [0.717, 1.165) is 17.6 Å². The Morgan fingerprint density at radius 2 is 2.25 bits per heavy atom. The summed E-state index contributed by atoms with van der Waals surface area (Å²) in [6, 6.07) is 8.32. The van der Waals surface area contributed by atoms with Gasteiger partial charge < -0.3 is 14.5 Å². The summed E-state index contributed by atoms with van der Waals surface area (Å²) in [7, 11) is 0. The Kier molecular flexibility index (Phi) is 3.26. The molecule has 106 valence electrons. The largest absolute Gasteiger partial charge is 0.481 e. The van der Waals surface area contributed by atoms with E-state index in [1.807, 2.05) is 19.9 Å². The van der Waals surface area contributed by atoms with Crippen molar-refractivity contribution in [2.45, 2.75) is 32.3 Å². The van der Waals surface area contributed by atoms with Gasteiger partial charge in [-0.2, -0.15) is 0 Å². The summed E-state index contributed by atoms with van der Waals surface area (Å²) < 4.78 is 11.3. The van der Waals surface area contributed by atoms with Crippen molar-refractivity contribution in [1.82, 2.24) is 4.98 Å². The maximum atomic E-state index is 7.91. The standard InChI is InChI=1S/C16H20N2O2/c1-3-19-14(17)10-16(2)15-12(8-9-20-16)11-6-4-5-7-13(11)18-15/h4-7,17-18H,3,8-10H2,1-2H3. The Hall–Kier alpha value is -1.81. The molecule has 0 fully saturated rings. The summed E-state index contributed by atoms with van der Waals surface area (Å²) in [6.07, 6.45) is 1.37. The Bertz CT molecular complexity index is 647. The summed E-state index contributed by atoms with van der Waals surface area (Å²) in [5, 5.41) is 9.17. The molecule has 0 saturated carbocycles. The van der Waals surface area contributed by atoms with E-state index in [2.05, 4.69) is 23.2 Å². The van der Waals surface area contributed by atoms with Gasteiger partial charge in [-0.05, 0) is 31.9 Å². The zero-order chi connectivity index (χ0) is 14.2. The van der Waals surface area contributed by atoms with Gasteiger partial charge in [-0.25, -0.2) is 0 Å². The molecular weight excluding hydrogens is 252 g/mol. The Balaban J connectivity index is 2.02. The predicted molar refractivity (Wildman–Crippen MR) is 79.3 cm³/mol. The number of rotatable bonds is 3. The zero-order valence-electron chi connectivity index (χ0n) is 12.0. The third kappa shape index (κ3) is 2.10. The monoisotopic (exact) mass is 272 g/mol. The summed E-state index contributed by atoms with van der Waals surface area (Å²) in [4.78, 5) is 3.48. The van der Waals surface area contributed by atoms with Crippen molar-refractivity contribution in [2.24, 2.45) is 0 Å². The first kappa shape index (κ1) is 13.2. The SMILES string of the molecule is CCOC(=N)CC1(C)OCCc2c1[nH]c1ccccc21. The van der Waals surface area contributed by atoms with E-state index in [1.165, 1.54) is 10.9 Å². The van der Waals surface area contributed by atoms with Crippen molar-refractivity contribution in [3.63, 3.8) is 0 Å². The van der Waals surface area contributed by atoms with E-state index in [-0.39, 0.29) is 5.90 Å². The van der Waals surface area contributed by atoms with Crippen LogP contribution in [0.5, 0.6) is 0 Å². The summed E-state index contributed by atoms with van der Waals surface area (Å²) >= 11 is 0. The molecule has 1 atom stereocenters. The van der Waals surface area contributed by atoms with Crippen LogP contribution in [0.2, 0.25) is 0 Å². The van der Waals surface area contributed by atoms with Crippen molar-refractivity contribution in [3.05, 3.63) is 35.5 Å². The first-order valence-corrected chi connectivity index (χ1v) is 7.08. The number of hydrogen-bond donors (Lipinski definition) is 2. The number of benzene rings is 1. The van der Waals surface area contributed by atoms with E-state index in [0.29, 0.717) is 19.6 Å². The third-order valence-corrected chi connectivity index (χ3v) is 3.93. The van der Waals surface area contributed by atoms with E-state index in [1.54, 1.807) is 0 Å². The zero-order valence-corrected chi connectivity index (χ0v) is 12.0. The maximum absolute atomic E-state index is 7.91. The van der Waals surface area contributed by atoms with Crippen molar-refractivity contribution in [1.29, 1.82) is 5.41 Å². The molecule has 0 radical (unpaired) electrons. The van der Waals surface area contributed by atoms with Gasteiger partial charge in [-0.1, -0.05) is 18.2 Å². The van der Waals surface area contributed by atoms with E-state index < -0.39 is 5.60 Å². The molecule has 1 aliphatic rings. The molecule has 1 aromatic carbocycles. The molecule has 1 aliphatic heterocycles. The third-order valence-electron chi connectivity index (χ3n) is 3.93. The second-order valence-electron chi connectivity index (χ2n) is 5.39. The van der Waals surface area contributed by atoms with Crippen molar-refractivity contribution < 1.29 is 9.47 Å². The minimum Gasteiger partial charge on any atom is -0.481 e. The van der Waals surface area contributed by atoms with Gasteiger partial charge in [0.2, 0.25) is 0 Å². The van der Waals surface area contributed by atoms with Gasteiger partial charge in [-0.3, -0.25) is 5.41 Å². The van der Waals surface area contributed by atoms with Gasteiger partial charge in [0.05, 0.1) is 25.3 Å².